The van der Waals surface area contributed by atoms with Crippen molar-refractivity contribution in [2.45, 2.75) is 43.9 Å². The average Bonchev–Trinajstić information content (AvgIpc) is 3.05. The van der Waals surface area contributed by atoms with Crippen molar-refractivity contribution in [1.29, 1.82) is 0 Å². The molecule has 1 amide bonds. The molecular weight excluding hydrogens is 340 g/mol. The minimum atomic E-state index is -0.303. The van der Waals surface area contributed by atoms with Crippen LogP contribution < -0.4 is 10.6 Å². The summed E-state index contributed by atoms with van der Waals surface area (Å²) in [5, 5.41) is 6.68. The van der Waals surface area contributed by atoms with Gasteiger partial charge in [0.05, 0.1) is 5.41 Å². The molecule has 1 unspecified atom stereocenters. The van der Waals surface area contributed by atoms with E-state index in [0.717, 1.165) is 49.8 Å². The van der Waals surface area contributed by atoms with Gasteiger partial charge in [-0.3, -0.25) is 4.79 Å². The summed E-state index contributed by atoms with van der Waals surface area (Å²) in [7, 11) is 0. The number of benzene rings is 1. The standard InChI is InChI=1S/C18H25BrN2O/c19-16-7-5-15(6-8-16)18(9-1-2-10-18)17(22)21-13-14-4-3-11-20-12-14/h5-8,14,20H,1-4,9-13H2,(H,21,22). The molecule has 120 valence electrons. The van der Waals surface area contributed by atoms with E-state index in [-0.39, 0.29) is 11.3 Å². The Hall–Kier alpha value is -0.870. The van der Waals surface area contributed by atoms with Crippen LogP contribution in [0.3, 0.4) is 0 Å². The Bertz CT molecular complexity index is 502. The Kier molecular flexibility index (Phi) is 5.19. The zero-order valence-electron chi connectivity index (χ0n) is 13.0. The normalized spacial score (nSPS) is 24.1. The van der Waals surface area contributed by atoms with Crippen LogP contribution in [0.15, 0.2) is 28.7 Å². The first-order valence-electron chi connectivity index (χ1n) is 8.46. The van der Waals surface area contributed by atoms with Crippen LogP contribution in [0.1, 0.15) is 44.1 Å². The van der Waals surface area contributed by atoms with Crippen molar-refractivity contribution in [3.63, 3.8) is 0 Å². The maximum absolute atomic E-state index is 13.0. The third kappa shape index (κ3) is 3.38. The molecule has 1 atom stereocenters. The highest BCUT2D eigenvalue weighted by Crippen LogP contribution is 2.41. The first-order chi connectivity index (χ1) is 10.7. The van der Waals surface area contributed by atoms with Gasteiger partial charge >= 0.3 is 0 Å². The van der Waals surface area contributed by atoms with Crippen molar-refractivity contribution in [2.75, 3.05) is 19.6 Å². The van der Waals surface area contributed by atoms with E-state index in [0.29, 0.717) is 5.92 Å². The summed E-state index contributed by atoms with van der Waals surface area (Å²) >= 11 is 3.48. The largest absolute Gasteiger partial charge is 0.355 e. The molecule has 4 heteroatoms. The number of hydrogen-bond donors (Lipinski definition) is 2. The van der Waals surface area contributed by atoms with Crippen molar-refractivity contribution in [3.05, 3.63) is 34.3 Å². The van der Waals surface area contributed by atoms with E-state index < -0.39 is 0 Å². The predicted octanol–water partition coefficient (Wildman–Crippen LogP) is 3.38. The highest BCUT2D eigenvalue weighted by molar-refractivity contribution is 9.10. The van der Waals surface area contributed by atoms with Gasteiger partial charge in [0.1, 0.15) is 0 Å². The molecule has 2 N–H and O–H groups in total. The van der Waals surface area contributed by atoms with Crippen LogP contribution in [-0.2, 0) is 10.2 Å². The molecular formula is C18H25BrN2O. The van der Waals surface area contributed by atoms with Crippen LogP contribution in [0.4, 0.5) is 0 Å². The summed E-state index contributed by atoms with van der Waals surface area (Å²) in [5.41, 5.74) is 0.871. The summed E-state index contributed by atoms with van der Waals surface area (Å²) < 4.78 is 1.07. The maximum atomic E-state index is 13.0. The fourth-order valence-corrected chi connectivity index (χ4v) is 4.16. The predicted molar refractivity (Wildman–Crippen MR) is 92.9 cm³/mol. The topological polar surface area (TPSA) is 41.1 Å². The van der Waals surface area contributed by atoms with E-state index in [2.05, 4.69) is 38.7 Å². The molecule has 1 heterocycles. The van der Waals surface area contributed by atoms with E-state index in [4.69, 9.17) is 0 Å². The fourth-order valence-electron chi connectivity index (χ4n) is 3.90. The molecule has 1 aromatic carbocycles. The van der Waals surface area contributed by atoms with Crippen LogP contribution in [0.2, 0.25) is 0 Å². The molecule has 2 aliphatic rings. The molecule has 0 aromatic heterocycles. The van der Waals surface area contributed by atoms with Gasteiger partial charge in [0, 0.05) is 11.0 Å². The number of nitrogens with one attached hydrogen (secondary N) is 2. The van der Waals surface area contributed by atoms with Crippen molar-refractivity contribution in [2.24, 2.45) is 5.92 Å². The van der Waals surface area contributed by atoms with Gasteiger partial charge in [-0.05, 0) is 62.4 Å². The molecule has 1 saturated heterocycles. The smallest absolute Gasteiger partial charge is 0.230 e. The number of rotatable bonds is 4. The third-order valence-corrected chi connectivity index (χ3v) is 5.77. The van der Waals surface area contributed by atoms with E-state index in [1.165, 1.54) is 18.4 Å². The summed E-state index contributed by atoms with van der Waals surface area (Å²) in [6.07, 6.45) is 6.69. The molecule has 0 bridgehead atoms. The first kappa shape index (κ1) is 16.0. The van der Waals surface area contributed by atoms with Crippen LogP contribution >= 0.6 is 15.9 Å². The van der Waals surface area contributed by atoms with Gasteiger partial charge in [0.2, 0.25) is 5.91 Å². The number of carbonyl (C=O) groups excluding carboxylic acids is 1. The number of halogens is 1. The van der Waals surface area contributed by atoms with Gasteiger partial charge in [-0.25, -0.2) is 0 Å². The molecule has 3 nitrogen and oxygen atoms in total. The summed E-state index contributed by atoms with van der Waals surface area (Å²) in [6.45, 7) is 2.96. The van der Waals surface area contributed by atoms with E-state index in [1.807, 2.05) is 12.1 Å². The Morgan fingerprint density at radius 2 is 1.95 bits per heavy atom. The lowest BCUT2D eigenvalue weighted by Gasteiger charge is -2.30. The van der Waals surface area contributed by atoms with E-state index in [1.54, 1.807) is 0 Å². The molecule has 2 fully saturated rings. The lowest BCUT2D eigenvalue weighted by atomic mass is 9.78. The molecule has 3 rings (SSSR count). The molecule has 1 saturated carbocycles. The summed E-state index contributed by atoms with van der Waals surface area (Å²) in [5.74, 6) is 0.818. The first-order valence-corrected chi connectivity index (χ1v) is 9.25. The van der Waals surface area contributed by atoms with Crippen molar-refractivity contribution < 1.29 is 4.79 Å². The molecule has 0 radical (unpaired) electrons. The fraction of sp³-hybridized carbons (Fsp3) is 0.611. The van der Waals surface area contributed by atoms with Crippen molar-refractivity contribution >= 4 is 21.8 Å². The second-order valence-corrected chi connectivity index (χ2v) is 7.63. The Balaban J connectivity index is 1.69. The summed E-state index contributed by atoms with van der Waals surface area (Å²) in [6, 6.07) is 8.32. The molecule has 22 heavy (non-hydrogen) atoms. The molecule has 1 aliphatic heterocycles. The molecule has 1 aliphatic carbocycles. The number of hydrogen-bond acceptors (Lipinski definition) is 2. The number of carbonyl (C=O) groups is 1. The zero-order chi connectivity index (χ0) is 15.4. The van der Waals surface area contributed by atoms with Gasteiger partial charge in [0.15, 0.2) is 0 Å². The third-order valence-electron chi connectivity index (χ3n) is 5.24. The highest BCUT2D eigenvalue weighted by Gasteiger charge is 2.42. The second-order valence-electron chi connectivity index (χ2n) is 6.72. The maximum Gasteiger partial charge on any atom is 0.230 e. The lowest BCUT2D eigenvalue weighted by Crippen LogP contribution is -2.46. The monoisotopic (exact) mass is 364 g/mol. The highest BCUT2D eigenvalue weighted by atomic mass is 79.9. The quantitative estimate of drug-likeness (QED) is 0.859. The minimum Gasteiger partial charge on any atom is -0.355 e. The molecule has 0 spiro atoms. The van der Waals surface area contributed by atoms with Gasteiger partial charge in [0.25, 0.3) is 0 Å². The van der Waals surface area contributed by atoms with Crippen molar-refractivity contribution in [3.8, 4) is 0 Å². The SMILES string of the molecule is O=C(NCC1CCCNC1)C1(c2ccc(Br)cc2)CCCC1. The van der Waals surface area contributed by atoms with E-state index >= 15 is 0 Å². The Morgan fingerprint density at radius 3 is 2.59 bits per heavy atom. The average molecular weight is 365 g/mol. The Morgan fingerprint density at radius 1 is 1.23 bits per heavy atom. The van der Waals surface area contributed by atoms with Crippen molar-refractivity contribution in [1.82, 2.24) is 10.6 Å². The minimum absolute atomic E-state index is 0.234. The van der Waals surface area contributed by atoms with Crippen LogP contribution in [0.25, 0.3) is 0 Å². The zero-order valence-corrected chi connectivity index (χ0v) is 14.6. The van der Waals surface area contributed by atoms with Gasteiger partial charge in [-0.1, -0.05) is 40.9 Å². The molecule has 1 aromatic rings. The van der Waals surface area contributed by atoms with Gasteiger partial charge < -0.3 is 10.6 Å². The Labute approximate surface area is 141 Å². The van der Waals surface area contributed by atoms with Crippen LogP contribution in [0.5, 0.6) is 0 Å². The van der Waals surface area contributed by atoms with Gasteiger partial charge in [-0.2, -0.15) is 0 Å². The second kappa shape index (κ2) is 7.14. The van der Waals surface area contributed by atoms with Crippen LogP contribution in [0, 0.1) is 5.92 Å². The van der Waals surface area contributed by atoms with Crippen LogP contribution in [-0.4, -0.2) is 25.5 Å². The summed E-state index contributed by atoms with van der Waals surface area (Å²) in [4.78, 5) is 13.0. The van der Waals surface area contributed by atoms with E-state index in [9.17, 15) is 4.79 Å². The van der Waals surface area contributed by atoms with Gasteiger partial charge in [-0.15, -0.1) is 0 Å². The number of amides is 1. The lowest BCUT2D eigenvalue weighted by molar-refractivity contribution is -0.126. The number of piperidine rings is 1.